The van der Waals surface area contributed by atoms with Gasteiger partial charge in [0, 0.05) is 6.07 Å². The Kier molecular flexibility index (Phi) is 2.87. The maximum absolute atomic E-state index is 12.4. The monoisotopic (exact) mass is 260 g/mol. The Morgan fingerprint density at radius 1 is 1.24 bits per heavy atom. The Bertz CT molecular complexity index is 546. The zero-order valence-corrected chi connectivity index (χ0v) is 9.55. The molecule has 0 bridgehead atoms. The highest BCUT2D eigenvalue weighted by Crippen LogP contribution is 2.31. The van der Waals surface area contributed by atoms with Crippen LogP contribution in [0.25, 0.3) is 5.69 Å². The number of alkyl halides is 3. The fourth-order valence-electron chi connectivity index (χ4n) is 1.44. The molecule has 17 heavy (non-hydrogen) atoms. The quantitative estimate of drug-likeness (QED) is 0.761. The molecule has 2 aromatic rings. The minimum atomic E-state index is -4.49. The van der Waals surface area contributed by atoms with Gasteiger partial charge < -0.3 is 0 Å². The molecule has 0 radical (unpaired) electrons. The summed E-state index contributed by atoms with van der Waals surface area (Å²) in [6.45, 7) is 1.84. The fourth-order valence-corrected chi connectivity index (χ4v) is 1.68. The van der Waals surface area contributed by atoms with Crippen LogP contribution in [0.5, 0.6) is 0 Å². The summed E-state index contributed by atoms with van der Waals surface area (Å²) < 4.78 is 38.4. The molecule has 0 saturated carbocycles. The van der Waals surface area contributed by atoms with Crippen LogP contribution in [0, 0.1) is 6.92 Å². The lowest BCUT2D eigenvalue weighted by molar-refractivity contribution is -0.141. The van der Waals surface area contributed by atoms with Gasteiger partial charge in [-0.2, -0.15) is 18.3 Å². The fraction of sp³-hybridized carbons (Fsp3) is 0.182. The number of rotatable bonds is 1. The van der Waals surface area contributed by atoms with E-state index < -0.39 is 11.9 Å². The molecule has 1 heterocycles. The van der Waals surface area contributed by atoms with Crippen LogP contribution in [-0.2, 0) is 6.18 Å². The van der Waals surface area contributed by atoms with Gasteiger partial charge in [0.1, 0.15) is 5.15 Å². The summed E-state index contributed by atoms with van der Waals surface area (Å²) in [5.41, 5.74) is 0.428. The number of nitrogens with zero attached hydrogens (tertiary/aromatic N) is 2. The summed E-state index contributed by atoms with van der Waals surface area (Å²) in [5, 5.41) is 3.39. The van der Waals surface area contributed by atoms with E-state index in [1.165, 1.54) is 0 Å². The van der Waals surface area contributed by atoms with E-state index in [2.05, 4.69) is 5.10 Å². The van der Waals surface area contributed by atoms with Crippen molar-refractivity contribution in [2.24, 2.45) is 0 Å². The molecular formula is C11H8ClF3N2. The van der Waals surface area contributed by atoms with Gasteiger partial charge in [-0.05, 0) is 24.6 Å². The zero-order valence-electron chi connectivity index (χ0n) is 8.79. The van der Waals surface area contributed by atoms with E-state index >= 15 is 0 Å². The van der Waals surface area contributed by atoms with Crippen molar-refractivity contribution in [3.8, 4) is 5.69 Å². The number of hydrogen-bond donors (Lipinski definition) is 0. The van der Waals surface area contributed by atoms with Gasteiger partial charge in [-0.3, -0.25) is 0 Å². The van der Waals surface area contributed by atoms with Gasteiger partial charge in [0.25, 0.3) is 0 Å². The molecule has 0 unspecified atom stereocenters. The van der Waals surface area contributed by atoms with Crippen LogP contribution in [0.2, 0.25) is 5.15 Å². The van der Waals surface area contributed by atoms with Crippen LogP contribution in [0.3, 0.4) is 0 Å². The van der Waals surface area contributed by atoms with Crippen LogP contribution in [0.4, 0.5) is 13.2 Å². The Hall–Kier alpha value is -1.49. The predicted molar refractivity (Wildman–Crippen MR) is 58.3 cm³/mol. The minimum Gasteiger partial charge on any atom is -0.222 e. The highest BCUT2D eigenvalue weighted by molar-refractivity contribution is 6.29. The second-order valence-electron chi connectivity index (χ2n) is 3.60. The summed E-state index contributed by atoms with van der Waals surface area (Å²) >= 11 is 5.74. The Labute approximate surface area is 101 Å². The van der Waals surface area contributed by atoms with Crippen molar-refractivity contribution < 1.29 is 13.2 Å². The minimum absolute atomic E-state index is 0.0667. The van der Waals surface area contributed by atoms with Gasteiger partial charge >= 0.3 is 6.18 Å². The van der Waals surface area contributed by atoms with Crippen LogP contribution in [-0.4, -0.2) is 9.78 Å². The Morgan fingerprint density at radius 3 is 2.47 bits per heavy atom. The average molecular weight is 261 g/mol. The van der Waals surface area contributed by atoms with E-state index in [4.69, 9.17) is 11.6 Å². The molecule has 2 nitrogen and oxygen atoms in total. The van der Waals surface area contributed by atoms with Crippen molar-refractivity contribution >= 4 is 11.6 Å². The molecule has 0 aliphatic heterocycles. The SMILES string of the molecule is Cc1cccc(-n2nc(C(F)(F)F)cc2Cl)c1. The molecular weight excluding hydrogens is 253 g/mol. The summed E-state index contributed by atoms with van der Waals surface area (Å²) in [5.74, 6) is 0. The van der Waals surface area contributed by atoms with Crippen LogP contribution in [0.1, 0.15) is 11.3 Å². The molecule has 0 amide bonds. The molecule has 0 atom stereocenters. The van der Waals surface area contributed by atoms with Crippen molar-refractivity contribution in [1.29, 1.82) is 0 Å². The average Bonchev–Trinajstić information content (AvgIpc) is 2.60. The Morgan fingerprint density at radius 2 is 1.94 bits per heavy atom. The van der Waals surface area contributed by atoms with Gasteiger partial charge in [-0.1, -0.05) is 23.7 Å². The molecule has 1 aromatic carbocycles. The molecule has 90 valence electrons. The molecule has 0 aliphatic carbocycles. The lowest BCUT2D eigenvalue weighted by Crippen LogP contribution is -2.07. The first kappa shape index (κ1) is 12.0. The maximum Gasteiger partial charge on any atom is 0.435 e. The maximum atomic E-state index is 12.4. The second kappa shape index (κ2) is 4.07. The van der Waals surface area contributed by atoms with Crippen LogP contribution in [0.15, 0.2) is 30.3 Å². The third-order valence-electron chi connectivity index (χ3n) is 2.20. The summed E-state index contributed by atoms with van der Waals surface area (Å²) in [7, 11) is 0. The number of aryl methyl sites for hydroxylation is 1. The molecule has 0 N–H and O–H groups in total. The number of hydrogen-bond acceptors (Lipinski definition) is 1. The summed E-state index contributed by atoms with van der Waals surface area (Å²) in [6, 6.07) is 7.73. The number of aromatic nitrogens is 2. The van der Waals surface area contributed by atoms with Crippen LogP contribution < -0.4 is 0 Å². The van der Waals surface area contributed by atoms with E-state index in [9.17, 15) is 13.2 Å². The molecule has 6 heteroatoms. The number of benzene rings is 1. The van der Waals surface area contributed by atoms with E-state index in [-0.39, 0.29) is 5.15 Å². The third-order valence-corrected chi connectivity index (χ3v) is 2.47. The number of halogens is 4. The van der Waals surface area contributed by atoms with Gasteiger partial charge in [-0.15, -0.1) is 0 Å². The molecule has 0 aliphatic rings. The van der Waals surface area contributed by atoms with Crippen molar-refractivity contribution in [3.05, 3.63) is 46.7 Å². The smallest absolute Gasteiger partial charge is 0.222 e. The van der Waals surface area contributed by atoms with Crippen LogP contribution >= 0.6 is 11.6 Å². The standard InChI is InChI=1S/C11H8ClF3N2/c1-7-3-2-4-8(5-7)17-10(12)6-9(16-17)11(13,14)15/h2-6H,1H3. The molecule has 0 saturated heterocycles. The first-order valence-electron chi connectivity index (χ1n) is 4.78. The van der Waals surface area contributed by atoms with Crippen molar-refractivity contribution in [2.45, 2.75) is 13.1 Å². The highest BCUT2D eigenvalue weighted by atomic mass is 35.5. The third kappa shape index (κ3) is 2.44. The first-order chi connectivity index (χ1) is 7.88. The lowest BCUT2D eigenvalue weighted by Gasteiger charge is -2.04. The second-order valence-corrected chi connectivity index (χ2v) is 3.99. The zero-order chi connectivity index (χ0) is 12.6. The topological polar surface area (TPSA) is 17.8 Å². The largest absolute Gasteiger partial charge is 0.435 e. The van der Waals surface area contributed by atoms with Crippen molar-refractivity contribution in [3.63, 3.8) is 0 Å². The summed E-state index contributed by atoms with van der Waals surface area (Å²) in [6.07, 6.45) is -4.49. The molecule has 0 spiro atoms. The van der Waals surface area contributed by atoms with E-state index in [1.54, 1.807) is 18.2 Å². The molecule has 2 rings (SSSR count). The van der Waals surface area contributed by atoms with Gasteiger partial charge in [0.05, 0.1) is 5.69 Å². The normalized spacial score (nSPS) is 11.8. The Balaban J connectivity index is 2.50. The van der Waals surface area contributed by atoms with Crippen molar-refractivity contribution in [1.82, 2.24) is 9.78 Å². The molecule has 1 aromatic heterocycles. The van der Waals surface area contributed by atoms with E-state index in [0.717, 1.165) is 16.3 Å². The lowest BCUT2D eigenvalue weighted by atomic mass is 10.2. The first-order valence-corrected chi connectivity index (χ1v) is 5.15. The van der Waals surface area contributed by atoms with Crippen molar-refractivity contribution in [2.75, 3.05) is 0 Å². The van der Waals surface area contributed by atoms with Gasteiger partial charge in [0.15, 0.2) is 5.69 Å². The molecule has 0 fully saturated rings. The van der Waals surface area contributed by atoms with Gasteiger partial charge in [-0.25, -0.2) is 4.68 Å². The van der Waals surface area contributed by atoms with E-state index in [0.29, 0.717) is 5.69 Å². The van der Waals surface area contributed by atoms with E-state index in [1.807, 2.05) is 13.0 Å². The summed E-state index contributed by atoms with van der Waals surface area (Å²) in [4.78, 5) is 0. The predicted octanol–water partition coefficient (Wildman–Crippen LogP) is 3.85. The highest BCUT2D eigenvalue weighted by Gasteiger charge is 2.34. The van der Waals surface area contributed by atoms with Gasteiger partial charge in [0.2, 0.25) is 0 Å².